The van der Waals surface area contributed by atoms with Gasteiger partial charge in [-0.05, 0) is 81.6 Å². The zero-order valence-corrected chi connectivity index (χ0v) is 24.3. The molecule has 1 aromatic carbocycles. The second kappa shape index (κ2) is 11.7. The third-order valence-corrected chi connectivity index (χ3v) is 9.20. The van der Waals surface area contributed by atoms with Crippen molar-refractivity contribution in [2.45, 2.75) is 91.2 Å². The molecule has 9 nitrogen and oxygen atoms in total. The van der Waals surface area contributed by atoms with E-state index in [0.717, 1.165) is 25.7 Å². The average Bonchev–Trinajstić information content (AvgIpc) is 3.51. The van der Waals surface area contributed by atoms with Gasteiger partial charge in [-0.15, -0.1) is 0 Å². The largest absolute Gasteiger partial charge is 0.496 e. The topological polar surface area (TPSA) is 138 Å². The lowest BCUT2D eigenvalue weighted by Gasteiger charge is -2.34. The predicted molar refractivity (Wildman–Crippen MR) is 149 cm³/mol. The van der Waals surface area contributed by atoms with E-state index >= 15 is 0 Å². The number of methoxy groups -OCH3 is 1. The molecule has 0 heterocycles. The molecule has 3 N–H and O–H groups in total. The third kappa shape index (κ3) is 6.37. The summed E-state index contributed by atoms with van der Waals surface area (Å²) in [5, 5.41) is 25.5. The summed E-state index contributed by atoms with van der Waals surface area (Å²) in [4.78, 5) is 38.5. The van der Waals surface area contributed by atoms with Crippen molar-refractivity contribution in [3.63, 3.8) is 0 Å². The molecule has 3 fully saturated rings. The van der Waals surface area contributed by atoms with E-state index in [-0.39, 0.29) is 69.8 Å². The number of benzene rings is 1. The van der Waals surface area contributed by atoms with Crippen LogP contribution in [0, 0.1) is 39.9 Å². The summed E-state index contributed by atoms with van der Waals surface area (Å²) in [7, 11) is 1.45. The van der Waals surface area contributed by atoms with E-state index < -0.39 is 11.4 Å². The van der Waals surface area contributed by atoms with Crippen molar-refractivity contribution >= 4 is 17.8 Å². The van der Waals surface area contributed by atoms with Gasteiger partial charge in [-0.1, -0.05) is 20.8 Å². The number of hydrogen-bond donors (Lipinski definition) is 3. The predicted octanol–water partition coefficient (Wildman–Crippen LogP) is 4.68. The van der Waals surface area contributed by atoms with E-state index in [0.29, 0.717) is 32.2 Å². The molecule has 0 spiro atoms. The summed E-state index contributed by atoms with van der Waals surface area (Å²) in [6.07, 6.45) is 5.55. The van der Waals surface area contributed by atoms with Crippen LogP contribution in [0.3, 0.4) is 0 Å². The molecule has 3 aliphatic rings. The summed E-state index contributed by atoms with van der Waals surface area (Å²) in [6.45, 7) is 8.78. The SMILES string of the molecule is COc1cc(C#N)c(OC2CCC(C)(C(=O)O)CC2)cc1C(=O)NC1C2CCC(C2)C1C(=O)NCCC(C)(C)C. The van der Waals surface area contributed by atoms with Gasteiger partial charge in [-0.2, -0.15) is 5.26 Å². The van der Waals surface area contributed by atoms with Crippen LogP contribution in [0.25, 0.3) is 0 Å². The standard InChI is InChI=1S/C31H43N3O6/c1-30(2,3)12-13-33-28(36)25-18-6-7-19(14-18)26(25)34-27(35)22-16-23(20(17-32)15-24(22)39-5)40-21-8-10-31(4,11-9-21)29(37)38/h15-16,18-19,21,25-26H,6-14H2,1-5H3,(H,33,36)(H,34,35)(H,37,38). The van der Waals surface area contributed by atoms with Gasteiger partial charge >= 0.3 is 5.97 Å². The van der Waals surface area contributed by atoms with Crippen LogP contribution in [-0.4, -0.2) is 48.7 Å². The maximum absolute atomic E-state index is 13.6. The Bertz CT molecular complexity index is 1170. The van der Waals surface area contributed by atoms with Crippen molar-refractivity contribution < 1.29 is 29.0 Å². The summed E-state index contributed by atoms with van der Waals surface area (Å²) >= 11 is 0. The first-order valence-corrected chi connectivity index (χ1v) is 14.5. The monoisotopic (exact) mass is 553 g/mol. The van der Waals surface area contributed by atoms with Gasteiger partial charge in [0.1, 0.15) is 17.6 Å². The quantitative estimate of drug-likeness (QED) is 0.404. The zero-order valence-electron chi connectivity index (χ0n) is 24.3. The van der Waals surface area contributed by atoms with Crippen LogP contribution in [0.4, 0.5) is 0 Å². The number of nitriles is 1. The smallest absolute Gasteiger partial charge is 0.309 e. The van der Waals surface area contributed by atoms with Crippen molar-refractivity contribution in [2.24, 2.45) is 28.6 Å². The number of nitrogens with zero attached hydrogens (tertiary/aromatic N) is 1. The molecular weight excluding hydrogens is 510 g/mol. The molecule has 0 radical (unpaired) electrons. The van der Waals surface area contributed by atoms with Crippen molar-refractivity contribution in [3.05, 3.63) is 23.3 Å². The fraction of sp³-hybridized carbons (Fsp3) is 0.677. The summed E-state index contributed by atoms with van der Waals surface area (Å²) in [5.41, 5.74) is -0.165. The molecule has 4 rings (SSSR count). The van der Waals surface area contributed by atoms with Gasteiger partial charge < -0.3 is 25.2 Å². The summed E-state index contributed by atoms with van der Waals surface area (Å²) in [6, 6.07) is 4.91. The Morgan fingerprint density at radius 3 is 2.38 bits per heavy atom. The first kappa shape index (κ1) is 29.7. The highest BCUT2D eigenvalue weighted by atomic mass is 16.5. The number of carboxylic acids is 1. The van der Waals surface area contributed by atoms with Crippen LogP contribution in [-0.2, 0) is 9.59 Å². The van der Waals surface area contributed by atoms with Gasteiger partial charge in [-0.3, -0.25) is 14.4 Å². The minimum Gasteiger partial charge on any atom is -0.496 e. The number of ether oxygens (including phenoxy) is 2. The van der Waals surface area contributed by atoms with Gasteiger partial charge in [0.25, 0.3) is 5.91 Å². The number of carbonyl (C=O) groups excluding carboxylic acids is 2. The van der Waals surface area contributed by atoms with Crippen molar-refractivity contribution in [1.82, 2.24) is 10.6 Å². The van der Waals surface area contributed by atoms with Gasteiger partial charge in [0.05, 0.1) is 35.7 Å². The van der Waals surface area contributed by atoms with Crippen LogP contribution in [0.5, 0.6) is 11.5 Å². The van der Waals surface area contributed by atoms with Crippen LogP contribution in [0.15, 0.2) is 12.1 Å². The van der Waals surface area contributed by atoms with E-state index in [4.69, 9.17) is 9.47 Å². The molecule has 0 aliphatic heterocycles. The highest BCUT2D eigenvalue weighted by molar-refractivity contribution is 5.98. The molecule has 3 saturated carbocycles. The van der Waals surface area contributed by atoms with E-state index in [1.165, 1.54) is 13.2 Å². The molecule has 9 heteroatoms. The number of carbonyl (C=O) groups is 3. The molecule has 4 unspecified atom stereocenters. The third-order valence-electron chi connectivity index (χ3n) is 9.20. The second-order valence-corrected chi connectivity index (χ2v) is 13.3. The molecule has 1 aromatic rings. The number of amides is 2. The van der Waals surface area contributed by atoms with Crippen LogP contribution >= 0.6 is 0 Å². The van der Waals surface area contributed by atoms with E-state index in [2.05, 4.69) is 37.5 Å². The number of rotatable bonds is 9. The minimum absolute atomic E-state index is 0.00299. The number of carboxylic acid groups (broad SMARTS) is 1. The molecule has 0 saturated heterocycles. The maximum Gasteiger partial charge on any atom is 0.309 e. The fourth-order valence-corrected chi connectivity index (χ4v) is 6.61. The first-order valence-electron chi connectivity index (χ1n) is 14.5. The van der Waals surface area contributed by atoms with E-state index in [1.54, 1.807) is 13.0 Å². The first-order chi connectivity index (χ1) is 18.8. The van der Waals surface area contributed by atoms with Crippen molar-refractivity contribution in [2.75, 3.05) is 13.7 Å². The van der Waals surface area contributed by atoms with Crippen LogP contribution in [0.1, 0.15) is 95.0 Å². The van der Waals surface area contributed by atoms with Crippen LogP contribution in [0.2, 0.25) is 0 Å². The molecular formula is C31H43N3O6. The summed E-state index contributed by atoms with van der Waals surface area (Å²) in [5.74, 6) is -0.392. The molecule has 4 atom stereocenters. The van der Waals surface area contributed by atoms with Crippen molar-refractivity contribution in [3.8, 4) is 17.6 Å². The number of hydrogen-bond acceptors (Lipinski definition) is 6. The van der Waals surface area contributed by atoms with E-state index in [1.807, 2.05) is 0 Å². The zero-order chi connectivity index (χ0) is 29.2. The number of nitrogens with one attached hydrogen (secondary N) is 2. The van der Waals surface area contributed by atoms with Crippen LogP contribution < -0.4 is 20.1 Å². The number of aliphatic carboxylic acids is 1. The lowest BCUT2D eigenvalue weighted by molar-refractivity contribution is -0.150. The Morgan fingerprint density at radius 2 is 1.77 bits per heavy atom. The Kier molecular flexibility index (Phi) is 8.67. The average molecular weight is 554 g/mol. The Morgan fingerprint density at radius 1 is 1.10 bits per heavy atom. The normalized spacial score (nSPS) is 29.4. The Labute approximate surface area is 237 Å². The van der Waals surface area contributed by atoms with Gasteiger partial charge in [0.15, 0.2) is 0 Å². The number of fused-ring (bicyclic) bond motifs is 2. The minimum atomic E-state index is -0.811. The fourth-order valence-electron chi connectivity index (χ4n) is 6.61. The molecule has 3 aliphatic carbocycles. The Hall–Kier alpha value is -3.28. The van der Waals surface area contributed by atoms with Gasteiger partial charge in [-0.25, -0.2) is 0 Å². The lowest BCUT2D eigenvalue weighted by Crippen LogP contribution is -2.50. The Balaban J connectivity index is 1.50. The van der Waals surface area contributed by atoms with E-state index in [9.17, 15) is 24.8 Å². The molecule has 2 bridgehead atoms. The molecule has 40 heavy (non-hydrogen) atoms. The second-order valence-electron chi connectivity index (χ2n) is 13.3. The van der Waals surface area contributed by atoms with Gasteiger partial charge in [0.2, 0.25) is 5.91 Å². The molecule has 0 aromatic heterocycles. The summed E-state index contributed by atoms with van der Waals surface area (Å²) < 4.78 is 11.7. The maximum atomic E-state index is 13.6. The highest BCUT2D eigenvalue weighted by Gasteiger charge is 2.51. The van der Waals surface area contributed by atoms with Gasteiger partial charge in [0, 0.05) is 18.7 Å². The lowest BCUT2D eigenvalue weighted by atomic mass is 9.75. The highest BCUT2D eigenvalue weighted by Crippen LogP contribution is 2.49. The molecule has 218 valence electrons. The molecule has 2 amide bonds. The van der Waals surface area contributed by atoms with Crippen molar-refractivity contribution in [1.29, 1.82) is 5.26 Å².